The van der Waals surface area contributed by atoms with Crippen LogP contribution >= 0.6 is 0 Å². The summed E-state index contributed by atoms with van der Waals surface area (Å²) in [5.74, 6) is 1.33. The maximum atomic E-state index is 4.67. The molecule has 1 aliphatic heterocycles. The zero-order valence-corrected chi connectivity index (χ0v) is 11.9. The number of hydrogen-bond donors (Lipinski definition) is 1. The Kier molecular flexibility index (Phi) is 3.16. The fraction of sp³-hybridized carbons (Fsp3) is 0.294. The Labute approximate surface area is 123 Å². The van der Waals surface area contributed by atoms with Crippen molar-refractivity contribution in [3.63, 3.8) is 0 Å². The maximum Gasteiger partial charge on any atom is 0.234 e. The summed E-state index contributed by atoms with van der Waals surface area (Å²) in [6.45, 7) is 2.17. The van der Waals surface area contributed by atoms with Crippen molar-refractivity contribution in [2.75, 3.05) is 13.1 Å². The first kappa shape index (κ1) is 12.5. The monoisotopic (exact) mass is 278 g/mol. The Morgan fingerprint density at radius 1 is 1.14 bits per heavy atom. The second-order valence-electron chi connectivity index (χ2n) is 5.58. The molecule has 0 aliphatic carbocycles. The van der Waals surface area contributed by atoms with E-state index >= 15 is 0 Å². The molecule has 4 nitrogen and oxygen atoms in total. The summed E-state index contributed by atoms with van der Waals surface area (Å²) < 4.78 is 2.15. The molecule has 3 aromatic rings. The van der Waals surface area contributed by atoms with Crippen LogP contribution in [0, 0.1) is 0 Å². The summed E-state index contributed by atoms with van der Waals surface area (Å²) in [5.41, 5.74) is 3.43. The number of rotatable bonds is 2. The minimum atomic E-state index is 0.544. The first-order valence-electron chi connectivity index (χ1n) is 7.52. The van der Waals surface area contributed by atoms with Gasteiger partial charge in [0.25, 0.3) is 0 Å². The van der Waals surface area contributed by atoms with Gasteiger partial charge in [0.05, 0.1) is 5.69 Å². The molecule has 1 N–H and O–H groups in total. The van der Waals surface area contributed by atoms with Crippen molar-refractivity contribution in [2.45, 2.75) is 18.8 Å². The van der Waals surface area contributed by atoms with Crippen LogP contribution in [0.25, 0.3) is 17.0 Å². The van der Waals surface area contributed by atoms with Crippen molar-refractivity contribution in [1.82, 2.24) is 19.7 Å². The van der Waals surface area contributed by atoms with Gasteiger partial charge in [-0.25, -0.2) is 9.97 Å². The molecule has 0 amide bonds. The fourth-order valence-electron chi connectivity index (χ4n) is 3.10. The summed E-state index contributed by atoms with van der Waals surface area (Å²) in [4.78, 5) is 9.08. The van der Waals surface area contributed by atoms with Crippen molar-refractivity contribution in [3.8, 4) is 11.3 Å². The number of piperidine rings is 1. The van der Waals surface area contributed by atoms with Crippen LogP contribution in [0.3, 0.4) is 0 Å². The quantitative estimate of drug-likeness (QED) is 0.783. The van der Waals surface area contributed by atoms with Crippen LogP contribution in [0.15, 0.2) is 48.8 Å². The smallest absolute Gasteiger partial charge is 0.234 e. The predicted molar refractivity (Wildman–Crippen MR) is 83.3 cm³/mol. The van der Waals surface area contributed by atoms with E-state index in [0.29, 0.717) is 5.92 Å². The molecular formula is C17H18N4. The van der Waals surface area contributed by atoms with Crippen LogP contribution in [0.5, 0.6) is 0 Å². The molecule has 1 aliphatic rings. The zero-order chi connectivity index (χ0) is 14.1. The lowest BCUT2D eigenvalue weighted by Gasteiger charge is -2.23. The van der Waals surface area contributed by atoms with Crippen LogP contribution in [-0.4, -0.2) is 27.5 Å². The molecule has 4 heteroatoms. The summed E-state index contributed by atoms with van der Waals surface area (Å²) in [6, 6.07) is 12.4. The summed E-state index contributed by atoms with van der Waals surface area (Å²) in [5, 5.41) is 3.48. The molecule has 0 spiro atoms. The molecule has 3 heterocycles. The highest BCUT2D eigenvalue weighted by Gasteiger charge is 2.18. The largest absolute Gasteiger partial charge is 0.316 e. The van der Waals surface area contributed by atoms with Crippen molar-refractivity contribution in [2.24, 2.45) is 0 Å². The Morgan fingerprint density at radius 2 is 2.05 bits per heavy atom. The van der Waals surface area contributed by atoms with Crippen molar-refractivity contribution in [1.29, 1.82) is 0 Å². The Morgan fingerprint density at radius 3 is 2.86 bits per heavy atom. The van der Waals surface area contributed by atoms with E-state index in [4.69, 9.17) is 0 Å². The molecule has 0 radical (unpaired) electrons. The Hall–Kier alpha value is -2.20. The van der Waals surface area contributed by atoms with Crippen LogP contribution in [0.4, 0.5) is 0 Å². The summed E-state index contributed by atoms with van der Waals surface area (Å²) in [7, 11) is 0. The van der Waals surface area contributed by atoms with Crippen molar-refractivity contribution in [3.05, 3.63) is 54.5 Å². The van der Waals surface area contributed by atoms with E-state index in [2.05, 4.69) is 44.1 Å². The second-order valence-corrected chi connectivity index (χ2v) is 5.58. The van der Waals surface area contributed by atoms with Crippen LogP contribution in [0.1, 0.15) is 24.5 Å². The minimum absolute atomic E-state index is 0.544. The molecule has 1 fully saturated rings. The van der Waals surface area contributed by atoms with Gasteiger partial charge >= 0.3 is 0 Å². The number of nitrogens with one attached hydrogen (secondary N) is 1. The Balaban J connectivity index is 1.80. The van der Waals surface area contributed by atoms with Crippen molar-refractivity contribution < 1.29 is 0 Å². The van der Waals surface area contributed by atoms with Gasteiger partial charge < -0.3 is 5.32 Å². The molecule has 1 saturated heterocycles. The molecule has 0 saturated carbocycles. The normalized spacial score (nSPS) is 19.0. The van der Waals surface area contributed by atoms with Crippen molar-refractivity contribution >= 4 is 5.78 Å². The molecule has 0 bridgehead atoms. The fourth-order valence-corrected chi connectivity index (χ4v) is 3.10. The van der Waals surface area contributed by atoms with Gasteiger partial charge in [0.1, 0.15) is 0 Å². The third kappa shape index (κ3) is 2.32. The van der Waals surface area contributed by atoms with E-state index in [1.54, 1.807) is 0 Å². The number of nitrogens with zero attached hydrogens (tertiary/aromatic N) is 3. The highest BCUT2D eigenvalue weighted by atomic mass is 15.1. The zero-order valence-electron chi connectivity index (χ0n) is 11.9. The molecule has 2 aromatic heterocycles. The third-order valence-corrected chi connectivity index (χ3v) is 4.19. The third-order valence-electron chi connectivity index (χ3n) is 4.19. The lowest BCUT2D eigenvalue weighted by Crippen LogP contribution is -2.29. The van der Waals surface area contributed by atoms with Gasteiger partial charge in [0.2, 0.25) is 5.78 Å². The minimum Gasteiger partial charge on any atom is -0.316 e. The van der Waals surface area contributed by atoms with E-state index in [1.807, 2.05) is 24.4 Å². The molecular weight excluding hydrogens is 260 g/mol. The number of benzene rings is 1. The average molecular weight is 278 g/mol. The van der Waals surface area contributed by atoms with E-state index in [0.717, 1.165) is 30.1 Å². The van der Waals surface area contributed by atoms with Crippen LogP contribution in [-0.2, 0) is 0 Å². The predicted octanol–water partition coefficient (Wildman–Crippen LogP) is 2.86. The van der Waals surface area contributed by atoms with Gasteiger partial charge in [-0.05, 0) is 25.5 Å². The molecule has 106 valence electrons. The Bertz CT molecular complexity index is 742. The van der Waals surface area contributed by atoms with Gasteiger partial charge in [-0.3, -0.25) is 4.40 Å². The molecule has 21 heavy (non-hydrogen) atoms. The average Bonchev–Trinajstić information content (AvgIpc) is 3.00. The first-order chi connectivity index (χ1) is 10.4. The van der Waals surface area contributed by atoms with Gasteiger partial charge in [-0.1, -0.05) is 30.3 Å². The van der Waals surface area contributed by atoms with E-state index < -0.39 is 0 Å². The lowest BCUT2D eigenvalue weighted by atomic mass is 9.96. The van der Waals surface area contributed by atoms with E-state index in [9.17, 15) is 0 Å². The van der Waals surface area contributed by atoms with E-state index in [-0.39, 0.29) is 0 Å². The highest BCUT2D eigenvalue weighted by Crippen LogP contribution is 2.25. The van der Waals surface area contributed by atoms with E-state index in [1.165, 1.54) is 18.5 Å². The highest BCUT2D eigenvalue weighted by molar-refractivity contribution is 5.61. The van der Waals surface area contributed by atoms with Crippen LogP contribution in [0.2, 0.25) is 0 Å². The second kappa shape index (κ2) is 5.30. The summed E-state index contributed by atoms with van der Waals surface area (Å²) >= 11 is 0. The first-order valence-corrected chi connectivity index (χ1v) is 7.52. The van der Waals surface area contributed by atoms with Gasteiger partial charge in [0.15, 0.2) is 0 Å². The number of imidazole rings is 1. The SMILES string of the molecule is c1ccc(-c2cn3c(C4CCCNC4)ccnc3n2)cc1. The van der Waals surface area contributed by atoms with Gasteiger partial charge in [-0.2, -0.15) is 0 Å². The van der Waals surface area contributed by atoms with Gasteiger partial charge in [-0.15, -0.1) is 0 Å². The molecule has 1 atom stereocenters. The molecule has 4 rings (SSSR count). The summed E-state index contributed by atoms with van der Waals surface area (Å²) in [6.07, 6.45) is 6.45. The maximum absolute atomic E-state index is 4.67. The molecule has 1 aromatic carbocycles. The topological polar surface area (TPSA) is 42.2 Å². The lowest BCUT2D eigenvalue weighted by molar-refractivity contribution is 0.451. The number of hydrogen-bond acceptors (Lipinski definition) is 3. The number of aromatic nitrogens is 3. The molecule has 1 unspecified atom stereocenters. The van der Waals surface area contributed by atoms with Crippen LogP contribution < -0.4 is 5.32 Å². The number of fused-ring (bicyclic) bond motifs is 1. The standard InChI is InChI=1S/C17H18N4/c1-2-5-13(6-3-1)15-12-21-16(8-10-19-17(21)20-15)14-7-4-9-18-11-14/h1-3,5-6,8,10,12,14,18H,4,7,9,11H2. The van der Waals surface area contributed by atoms with Gasteiger partial charge in [0, 0.05) is 36.1 Å².